The molecule has 2 aromatic carbocycles. The van der Waals surface area contributed by atoms with Crippen LogP contribution in [0.25, 0.3) is 0 Å². The van der Waals surface area contributed by atoms with Crippen LogP contribution in [0.15, 0.2) is 65.3 Å². The number of para-hydroxylation sites is 1. The van der Waals surface area contributed by atoms with Crippen molar-refractivity contribution in [2.75, 3.05) is 7.11 Å². The molecule has 0 saturated heterocycles. The van der Waals surface area contributed by atoms with Gasteiger partial charge in [-0.1, -0.05) is 24.3 Å². The van der Waals surface area contributed by atoms with Crippen LogP contribution in [-0.4, -0.2) is 7.11 Å². The van der Waals surface area contributed by atoms with Gasteiger partial charge in [0.25, 0.3) is 0 Å². The smallest absolute Gasteiger partial charge is 0.166 e. The van der Waals surface area contributed by atoms with Crippen molar-refractivity contribution in [2.24, 2.45) is 0 Å². The Balaban J connectivity index is 0.00000243. The molecule has 1 N–H and O–H groups in total. The second-order valence-electron chi connectivity index (χ2n) is 5.55. The van der Waals surface area contributed by atoms with Crippen LogP contribution in [0.3, 0.4) is 0 Å². The molecule has 0 bridgehead atoms. The number of furan rings is 1. The first-order valence-corrected chi connectivity index (χ1v) is 8.02. The van der Waals surface area contributed by atoms with Crippen LogP contribution in [0.5, 0.6) is 11.5 Å². The standard InChI is InChI=1S/C20H20FNO3.ClH/c1-23-19-6-2-4-16(12-22-13-18-5-3-11-24-18)20(19)25-14-15-7-9-17(21)10-8-15;/h2-11,22H,12-14H2,1H3;1H. The second-order valence-corrected chi connectivity index (χ2v) is 5.55. The van der Waals surface area contributed by atoms with E-state index < -0.39 is 0 Å². The molecule has 1 aromatic heterocycles. The largest absolute Gasteiger partial charge is 0.493 e. The topological polar surface area (TPSA) is 43.6 Å². The van der Waals surface area contributed by atoms with Crippen LogP contribution in [0, 0.1) is 5.82 Å². The van der Waals surface area contributed by atoms with Gasteiger partial charge >= 0.3 is 0 Å². The summed E-state index contributed by atoms with van der Waals surface area (Å²) in [5.41, 5.74) is 1.87. The maximum absolute atomic E-state index is 13.0. The number of halogens is 2. The summed E-state index contributed by atoms with van der Waals surface area (Å²) >= 11 is 0. The van der Waals surface area contributed by atoms with Gasteiger partial charge < -0.3 is 19.2 Å². The van der Waals surface area contributed by atoms with Crippen molar-refractivity contribution in [2.45, 2.75) is 19.7 Å². The van der Waals surface area contributed by atoms with Gasteiger partial charge in [0.15, 0.2) is 11.5 Å². The summed E-state index contributed by atoms with van der Waals surface area (Å²) < 4.78 is 29.7. The first-order valence-electron chi connectivity index (χ1n) is 8.02. The summed E-state index contributed by atoms with van der Waals surface area (Å²) in [5.74, 6) is 1.96. The molecule has 0 saturated carbocycles. The van der Waals surface area contributed by atoms with E-state index in [9.17, 15) is 4.39 Å². The Morgan fingerprint density at radius 1 is 1.00 bits per heavy atom. The number of hydrogen-bond acceptors (Lipinski definition) is 4. The lowest BCUT2D eigenvalue weighted by Gasteiger charge is -2.15. The third-order valence-corrected chi connectivity index (χ3v) is 3.77. The molecule has 0 radical (unpaired) electrons. The van der Waals surface area contributed by atoms with Crippen LogP contribution in [0.2, 0.25) is 0 Å². The lowest BCUT2D eigenvalue weighted by Crippen LogP contribution is -2.13. The summed E-state index contributed by atoms with van der Waals surface area (Å²) in [6.07, 6.45) is 1.65. The van der Waals surface area contributed by atoms with Gasteiger partial charge in [0.05, 0.1) is 19.9 Å². The van der Waals surface area contributed by atoms with E-state index in [0.717, 1.165) is 16.9 Å². The van der Waals surface area contributed by atoms with Crippen molar-refractivity contribution in [1.29, 1.82) is 0 Å². The van der Waals surface area contributed by atoms with Gasteiger partial charge in [-0.2, -0.15) is 0 Å². The molecule has 0 aliphatic heterocycles. The lowest BCUT2D eigenvalue weighted by molar-refractivity contribution is 0.280. The van der Waals surface area contributed by atoms with E-state index in [1.165, 1.54) is 12.1 Å². The minimum atomic E-state index is -0.260. The van der Waals surface area contributed by atoms with Gasteiger partial charge in [0, 0.05) is 12.1 Å². The molecule has 0 unspecified atom stereocenters. The number of rotatable bonds is 8. The minimum Gasteiger partial charge on any atom is -0.493 e. The Labute approximate surface area is 158 Å². The highest BCUT2D eigenvalue weighted by atomic mass is 35.5. The van der Waals surface area contributed by atoms with Gasteiger partial charge in [-0.25, -0.2) is 4.39 Å². The van der Waals surface area contributed by atoms with Crippen molar-refractivity contribution < 1.29 is 18.3 Å². The predicted molar refractivity (Wildman–Crippen MR) is 100 cm³/mol. The van der Waals surface area contributed by atoms with E-state index in [-0.39, 0.29) is 18.2 Å². The Kier molecular flexibility index (Phi) is 7.51. The molecule has 0 aliphatic rings. The zero-order valence-electron chi connectivity index (χ0n) is 14.4. The molecule has 4 nitrogen and oxygen atoms in total. The fourth-order valence-corrected chi connectivity index (χ4v) is 2.49. The predicted octanol–water partition coefficient (Wildman–Crippen LogP) is 4.72. The monoisotopic (exact) mass is 377 g/mol. The molecule has 0 atom stereocenters. The molecule has 0 spiro atoms. The molecule has 138 valence electrons. The van der Waals surface area contributed by atoms with E-state index in [1.54, 1.807) is 25.5 Å². The van der Waals surface area contributed by atoms with Gasteiger partial charge in [-0.15, -0.1) is 12.4 Å². The molecular weight excluding hydrogens is 357 g/mol. The number of nitrogens with one attached hydrogen (secondary N) is 1. The minimum absolute atomic E-state index is 0. The van der Waals surface area contributed by atoms with E-state index in [4.69, 9.17) is 13.9 Å². The molecule has 26 heavy (non-hydrogen) atoms. The summed E-state index contributed by atoms with van der Waals surface area (Å²) in [4.78, 5) is 0. The third kappa shape index (κ3) is 5.25. The van der Waals surface area contributed by atoms with Gasteiger partial charge in [-0.3, -0.25) is 0 Å². The third-order valence-electron chi connectivity index (χ3n) is 3.77. The number of methoxy groups -OCH3 is 1. The van der Waals surface area contributed by atoms with E-state index in [0.29, 0.717) is 31.2 Å². The molecule has 0 amide bonds. The summed E-state index contributed by atoms with van der Waals surface area (Å²) in [7, 11) is 1.61. The van der Waals surface area contributed by atoms with Crippen LogP contribution >= 0.6 is 12.4 Å². The molecular formula is C20H21ClFNO3. The first-order chi connectivity index (χ1) is 12.3. The highest BCUT2D eigenvalue weighted by Gasteiger charge is 2.11. The maximum Gasteiger partial charge on any atom is 0.166 e. The molecule has 3 rings (SSSR count). The van der Waals surface area contributed by atoms with Crippen molar-refractivity contribution >= 4 is 12.4 Å². The highest BCUT2D eigenvalue weighted by Crippen LogP contribution is 2.31. The molecule has 6 heteroatoms. The molecule has 0 fully saturated rings. The average molecular weight is 378 g/mol. The number of hydrogen-bond donors (Lipinski definition) is 1. The quantitative estimate of drug-likeness (QED) is 0.617. The maximum atomic E-state index is 13.0. The second kappa shape index (κ2) is 9.85. The summed E-state index contributed by atoms with van der Waals surface area (Å²) in [6, 6.07) is 15.8. The zero-order valence-corrected chi connectivity index (χ0v) is 15.2. The highest BCUT2D eigenvalue weighted by molar-refractivity contribution is 5.85. The van der Waals surface area contributed by atoms with Gasteiger partial charge in [-0.05, 0) is 35.9 Å². The van der Waals surface area contributed by atoms with Gasteiger partial charge in [0.2, 0.25) is 0 Å². The fraction of sp³-hybridized carbons (Fsp3) is 0.200. The van der Waals surface area contributed by atoms with Crippen LogP contribution in [0.1, 0.15) is 16.9 Å². The number of ether oxygens (including phenoxy) is 2. The van der Waals surface area contributed by atoms with Crippen molar-refractivity contribution in [3.05, 3.63) is 83.6 Å². The molecule has 0 aliphatic carbocycles. The van der Waals surface area contributed by atoms with Crippen molar-refractivity contribution in [1.82, 2.24) is 5.32 Å². The zero-order chi connectivity index (χ0) is 17.5. The fourth-order valence-electron chi connectivity index (χ4n) is 2.49. The summed E-state index contributed by atoms with van der Waals surface area (Å²) in [5, 5.41) is 3.32. The normalized spacial score (nSPS) is 10.2. The Bertz CT molecular complexity index is 791. The van der Waals surface area contributed by atoms with E-state index >= 15 is 0 Å². The lowest BCUT2D eigenvalue weighted by atomic mass is 10.1. The van der Waals surface area contributed by atoms with Crippen LogP contribution in [0.4, 0.5) is 4.39 Å². The van der Waals surface area contributed by atoms with Crippen LogP contribution < -0.4 is 14.8 Å². The molecule has 3 aromatic rings. The van der Waals surface area contributed by atoms with Gasteiger partial charge in [0.1, 0.15) is 18.2 Å². The van der Waals surface area contributed by atoms with Crippen molar-refractivity contribution in [3.63, 3.8) is 0 Å². The number of benzene rings is 2. The Morgan fingerprint density at radius 2 is 1.81 bits per heavy atom. The summed E-state index contributed by atoms with van der Waals surface area (Å²) in [6.45, 7) is 1.57. The van der Waals surface area contributed by atoms with E-state index in [2.05, 4.69) is 5.32 Å². The van der Waals surface area contributed by atoms with Crippen molar-refractivity contribution in [3.8, 4) is 11.5 Å². The van der Waals surface area contributed by atoms with Crippen LogP contribution in [-0.2, 0) is 19.7 Å². The Morgan fingerprint density at radius 3 is 2.50 bits per heavy atom. The van der Waals surface area contributed by atoms with E-state index in [1.807, 2.05) is 30.3 Å². The molecule has 1 heterocycles. The SMILES string of the molecule is COc1cccc(CNCc2ccco2)c1OCc1ccc(F)cc1.Cl. The average Bonchev–Trinajstić information content (AvgIpc) is 3.15. The first kappa shape index (κ1) is 19.8. The Hall–Kier alpha value is -2.50.